The SMILES string of the molecule is CCCCCc1ccc(S(=O)(=O)NCCc2c(-c3cccs3)n[nH]c2-c2ccnc(N3CCN(C)CC3)c2)cc1. The van der Waals surface area contributed by atoms with Crippen molar-refractivity contribution in [3.8, 4) is 21.8 Å². The average Bonchev–Trinajstić information content (AvgIpc) is 3.64. The van der Waals surface area contributed by atoms with Crippen LogP contribution in [0.25, 0.3) is 21.8 Å². The van der Waals surface area contributed by atoms with Gasteiger partial charge in [0, 0.05) is 50.0 Å². The van der Waals surface area contributed by atoms with Crippen LogP contribution < -0.4 is 9.62 Å². The Kier molecular flexibility index (Phi) is 9.31. The Hall–Kier alpha value is -3.05. The zero-order valence-electron chi connectivity index (χ0n) is 23.3. The molecule has 1 aromatic carbocycles. The second-order valence-corrected chi connectivity index (χ2v) is 13.1. The molecule has 3 aromatic heterocycles. The molecule has 0 radical (unpaired) electrons. The van der Waals surface area contributed by atoms with Gasteiger partial charge in [0.25, 0.3) is 0 Å². The predicted octanol–water partition coefficient (Wildman–Crippen LogP) is 5.21. The van der Waals surface area contributed by atoms with Crippen LogP contribution >= 0.6 is 11.3 Å². The lowest BCUT2D eigenvalue weighted by molar-refractivity contribution is 0.312. The first-order chi connectivity index (χ1) is 19.4. The van der Waals surface area contributed by atoms with Crippen LogP contribution in [0.15, 0.2) is 65.0 Å². The molecule has 0 atom stereocenters. The van der Waals surface area contributed by atoms with Crippen LogP contribution in [-0.2, 0) is 22.9 Å². The van der Waals surface area contributed by atoms with E-state index in [1.165, 1.54) is 18.4 Å². The van der Waals surface area contributed by atoms with Gasteiger partial charge in [-0.3, -0.25) is 5.10 Å². The Morgan fingerprint density at radius 1 is 1.02 bits per heavy atom. The van der Waals surface area contributed by atoms with Crippen LogP contribution in [0.1, 0.15) is 37.3 Å². The van der Waals surface area contributed by atoms with Crippen molar-refractivity contribution in [2.24, 2.45) is 0 Å². The molecule has 0 saturated carbocycles. The minimum atomic E-state index is -3.62. The molecule has 4 aromatic rings. The van der Waals surface area contributed by atoms with Crippen LogP contribution in [0.3, 0.4) is 0 Å². The van der Waals surface area contributed by atoms with E-state index < -0.39 is 10.0 Å². The monoisotopic (exact) mass is 578 g/mol. The number of anilines is 1. The number of unbranched alkanes of at least 4 members (excludes halogenated alkanes) is 2. The summed E-state index contributed by atoms with van der Waals surface area (Å²) in [6.07, 6.45) is 6.78. The highest BCUT2D eigenvalue weighted by atomic mass is 32.2. The van der Waals surface area contributed by atoms with Gasteiger partial charge in [-0.25, -0.2) is 18.1 Å². The molecule has 0 spiro atoms. The lowest BCUT2D eigenvalue weighted by Crippen LogP contribution is -2.44. The first kappa shape index (κ1) is 28.5. The molecule has 212 valence electrons. The molecule has 2 N–H and O–H groups in total. The maximum Gasteiger partial charge on any atom is 0.240 e. The number of hydrogen-bond donors (Lipinski definition) is 2. The fraction of sp³-hybridized carbons (Fsp3) is 0.400. The molecule has 0 unspecified atom stereocenters. The van der Waals surface area contributed by atoms with Crippen LogP contribution in [0.5, 0.6) is 0 Å². The van der Waals surface area contributed by atoms with Crippen LogP contribution in [0.4, 0.5) is 5.82 Å². The number of piperazine rings is 1. The third-order valence-electron chi connectivity index (χ3n) is 7.45. The molecule has 5 rings (SSSR count). The highest BCUT2D eigenvalue weighted by Gasteiger charge is 2.21. The second-order valence-electron chi connectivity index (χ2n) is 10.3. The average molecular weight is 579 g/mol. The summed E-state index contributed by atoms with van der Waals surface area (Å²) in [6, 6.07) is 15.4. The Balaban J connectivity index is 1.33. The molecule has 0 aliphatic carbocycles. The summed E-state index contributed by atoms with van der Waals surface area (Å²) in [4.78, 5) is 10.6. The van der Waals surface area contributed by atoms with Gasteiger partial charge in [0.05, 0.1) is 15.5 Å². The third kappa shape index (κ3) is 6.80. The molecule has 8 nitrogen and oxygen atoms in total. The summed E-state index contributed by atoms with van der Waals surface area (Å²) >= 11 is 1.62. The van der Waals surface area contributed by atoms with Gasteiger partial charge < -0.3 is 9.80 Å². The third-order valence-corrected chi connectivity index (χ3v) is 9.81. The number of aryl methyl sites for hydroxylation is 1. The zero-order valence-corrected chi connectivity index (χ0v) is 24.9. The topological polar surface area (TPSA) is 94.2 Å². The summed E-state index contributed by atoms with van der Waals surface area (Å²) in [5.41, 5.74) is 4.92. The predicted molar refractivity (Wildman–Crippen MR) is 163 cm³/mol. The first-order valence-electron chi connectivity index (χ1n) is 14.0. The van der Waals surface area contributed by atoms with E-state index in [-0.39, 0.29) is 6.54 Å². The molecule has 0 amide bonds. The first-order valence-corrected chi connectivity index (χ1v) is 16.4. The number of aromatic nitrogens is 3. The molecule has 40 heavy (non-hydrogen) atoms. The Labute approximate surface area is 241 Å². The van der Waals surface area contributed by atoms with E-state index in [1.54, 1.807) is 23.5 Å². The number of nitrogens with zero attached hydrogens (tertiary/aromatic N) is 4. The number of rotatable bonds is 12. The van der Waals surface area contributed by atoms with E-state index in [2.05, 4.69) is 49.7 Å². The zero-order chi connectivity index (χ0) is 28.0. The smallest absolute Gasteiger partial charge is 0.240 e. The number of hydrogen-bond acceptors (Lipinski definition) is 7. The van der Waals surface area contributed by atoms with Gasteiger partial charge in [-0.1, -0.05) is 38.0 Å². The minimum Gasteiger partial charge on any atom is -0.354 e. The number of aromatic amines is 1. The lowest BCUT2D eigenvalue weighted by Gasteiger charge is -2.33. The largest absolute Gasteiger partial charge is 0.354 e. The van der Waals surface area contributed by atoms with Crippen molar-refractivity contribution in [3.63, 3.8) is 0 Å². The molecule has 1 fully saturated rings. The van der Waals surface area contributed by atoms with Crippen molar-refractivity contribution < 1.29 is 8.42 Å². The number of benzene rings is 1. The highest BCUT2D eigenvalue weighted by molar-refractivity contribution is 7.89. The second kappa shape index (κ2) is 13.1. The number of pyridine rings is 1. The quantitative estimate of drug-likeness (QED) is 0.224. The number of sulfonamides is 1. The molecule has 1 saturated heterocycles. The van der Waals surface area contributed by atoms with Gasteiger partial charge >= 0.3 is 0 Å². The summed E-state index contributed by atoms with van der Waals surface area (Å²) in [7, 11) is -1.48. The van der Waals surface area contributed by atoms with Gasteiger partial charge in [-0.05, 0) is 67.6 Å². The van der Waals surface area contributed by atoms with Gasteiger partial charge in [-0.2, -0.15) is 5.10 Å². The number of H-pyrrole nitrogens is 1. The van der Waals surface area contributed by atoms with Gasteiger partial charge in [-0.15, -0.1) is 11.3 Å². The molecular weight excluding hydrogens is 541 g/mol. The van der Waals surface area contributed by atoms with Crippen LogP contribution in [0.2, 0.25) is 0 Å². The number of thiophene rings is 1. The normalized spacial score (nSPS) is 14.6. The number of nitrogens with one attached hydrogen (secondary N) is 2. The van der Waals surface area contributed by atoms with Gasteiger partial charge in [0.2, 0.25) is 10.0 Å². The van der Waals surface area contributed by atoms with E-state index in [1.807, 2.05) is 41.9 Å². The molecular formula is C30H38N6O2S2. The van der Waals surface area contributed by atoms with E-state index in [4.69, 9.17) is 0 Å². The summed E-state index contributed by atoms with van der Waals surface area (Å²) in [5.74, 6) is 0.947. The fourth-order valence-electron chi connectivity index (χ4n) is 5.05. The van der Waals surface area contributed by atoms with Gasteiger partial charge in [0.1, 0.15) is 11.5 Å². The van der Waals surface area contributed by atoms with E-state index in [0.29, 0.717) is 11.3 Å². The standard InChI is InChI=1S/C30H38N6O2S2/c1-3-4-5-7-23-9-11-25(12-10-23)40(37,38)32-16-14-26-29(33-34-30(26)27-8-6-21-39-27)24-13-15-31-28(22-24)36-19-17-35(2)18-20-36/h6,8-13,15,21-22,32H,3-5,7,14,16-20H2,1-2H3,(H,33,34). The van der Waals surface area contributed by atoms with Crippen molar-refractivity contribution in [3.05, 3.63) is 71.2 Å². The van der Waals surface area contributed by atoms with Crippen LogP contribution in [0, 0.1) is 0 Å². The fourth-order valence-corrected chi connectivity index (χ4v) is 6.83. The Bertz CT molecular complexity index is 1470. The van der Waals surface area contributed by atoms with E-state index in [9.17, 15) is 8.42 Å². The maximum atomic E-state index is 13.1. The Morgan fingerprint density at radius 3 is 2.55 bits per heavy atom. The van der Waals surface area contributed by atoms with Crippen molar-refractivity contribution in [2.75, 3.05) is 44.7 Å². The van der Waals surface area contributed by atoms with Crippen molar-refractivity contribution in [1.29, 1.82) is 0 Å². The summed E-state index contributed by atoms with van der Waals surface area (Å²) in [5, 5.41) is 9.94. The minimum absolute atomic E-state index is 0.266. The van der Waals surface area contributed by atoms with Crippen LogP contribution in [-0.4, -0.2) is 68.3 Å². The van der Waals surface area contributed by atoms with E-state index in [0.717, 1.165) is 72.2 Å². The van der Waals surface area contributed by atoms with Crippen molar-refractivity contribution >= 4 is 27.2 Å². The summed E-state index contributed by atoms with van der Waals surface area (Å²) < 4.78 is 29.0. The van der Waals surface area contributed by atoms with Gasteiger partial charge in [0.15, 0.2) is 0 Å². The molecule has 0 bridgehead atoms. The molecule has 4 heterocycles. The maximum absolute atomic E-state index is 13.1. The molecule has 1 aliphatic heterocycles. The molecule has 10 heteroatoms. The highest BCUT2D eigenvalue weighted by Crippen LogP contribution is 2.34. The number of likely N-dealkylation sites (N-methyl/N-ethyl adjacent to an activating group) is 1. The molecule has 1 aliphatic rings. The van der Waals surface area contributed by atoms with E-state index >= 15 is 0 Å². The van der Waals surface area contributed by atoms with Crippen molar-refractivity contribution in [2.45, 2.75) is 43.9 Å². The van der Waals surface area contributed by atoms with Crippen molar-refractivity contribution in [1.82, 2.24) is 24.8 Å². The summed E-state index contributed by atoms with van der Waals surface area (Å²) in [6.45, 7) is 6.33. The lowest BCUT2D eigenvalue weighted by atomic mass is 10.0. The Morgan fingerprint density at radius 2 is 1.82 bits per heavy atom.